The third-order valence-electron chi connectivity index (χ3n) is 3.00. The standard InChI is InChI=1S/C19H14O4/c1-23-18-11-9-14(13-17(18)19(21)22)8-10-16-6-3-2-5-15(16)7-4-12-20/h2-3,5-6,9,11,13,20H,12H2,1H3,(H,21,22). The van der Waals surface area contributed by atoms with Gasteiger partial charge in [0.05, 0.1) is 7.11 Å². The minimum atomic E-state index is -1.07. The van der Waals surface area contributed by atoms with E-state index in [4.69, 9.17) is 9.84 Å². The van der Waals surface area contributed by atoms with Crippen LogP contribution in [-0.4, -0.2) is 29.9 Å². The molecule has 0 aliphatic heterocycles. The number of aromatic carboxylic acids is 1. The molecule has 0 heterocycles. The number of rotatable bonds is 2. The Morgan fingerprint density at radius 2 is 1.78 bits per heavy atom. The van der Waals surface area contributed by atoms with Crippen molar-refractivity contribution in [3.63, 3.8) is 0 Å². The first kappa shape index (κ1) is 16.2. The number of hydrogen-bond acceptors (Lipinski definition) is 3. The van der Waals surface area contributed by atoms with E-state index in [1.54, 1.807) is 12.1 Å². The van der Waals surface area contributed by atoms with Crippen molar-refractivity contribution in [3.8, 4) is 29.4 Å². The molecule has 4 nitrogen and oxygen atoms in total. The Kier molecular flexibility index (Phi) is 5.41. The van der Waals surface area contributed by atoms with Gasteiger partial charge < -0.3 is 14.9 Å². The van der Waals surface area contributed by atoms with E-state index < -0.39 is 5.97 Å². The number of aliphatic hydroxyl groups excluding tert-OH is 1. The predicted molar refractivity (Wildman–Crippen MR) is 86.3 cm³/mol. The second-order valence-corrected chi connectivity index (χ2v) is 4.48. The number of carboxylic acids is 1. The molecule has 114 valence electrons. The summed E-state index contributed by atoms with van der Waals surface area (Å²) in [5, 5.41) is 18.0. The fourth-order valence-corrected chi connectivity index (χ4v) is 1.93. The molecule has 0 bridgehead atoms. The molecule has 4 heteroatoms. The molecule has 0 amide bonds. The summed E-state index contributed by atoms with van der Waals surface area (Å²) in [6.45, 7) is -0.220. The van der Waals surface area contributed by atoms with Gasteiger partial charge in [0.1, 0.15) is 17.9 Å². The Hall–Kier alpha value is -3.21. The van der Waals surface area contributed by atoms with Crippen LogP contribution in [0.1, 0.15) is 27.0 Å². The van der Waals surface area contributed by atoms with Crippen molar-refractivity contribution in [2.75, 3.05) is 13.7 Å². The molecule has 0 unspecified atom stereocenters. The second-order valence-electron chi connectivity index (χ2n) is 4.48. The highest BCUT2D eigenvalue weighted by molar-refractivity contribution is 5.91. The lowest BCUT2D eigenvalue weighted by Gasteiger charge is -2.04. The van der Waals surface area contributed by atoms with Crippen molar-refractivity contribution in [2.45, 2.75) is 0 Å². The zero-order chi connectivity index (χ0) is 16.7. The Balaban J connectivity index is 2.40. The molecule has 0 saturated carbocycles. The van der Waals surface area contributed by atoms with Crippen molar-refractivity contribution >= 4 is 5.97 Å². The lowest BCUT2D eigenvalue weighted by Crippen LogP contribution is -2.00. The summed E-state index contributed by atoms with van der Waals surface area (Å²) < 4.78 is 5.02. The van der Waals surface area contributed by atoms with Crippen molar-refractivity contribution in [1.82, 2.24) is 0 Å². The van der Waals surface area contributed by atoms with Gasteiger partial charge in [0.2, 0.25) is 0 Å². The van der Waals surface area contributed by atoms with Crippen LogP contribution in [0.5, 0.6) is 5.75 Å². The molecule has 2 aromatic rings. The van der Waals surface area contributed by atoms with Crippen LogP contribution in [0.4, 0.5) is 0 Å². The first-order valence-corrected chi connectivity index (χ1v) is 6.78. The van der Waals surface area contributed by atoms with Crippen LogP contribution in [0, 0.1) is 23.7 Å². The van der Waals surface area contributed by atoms with Gasteiger partial charge in [-0.05, 0) is 30.3 Å². The highest BCUT2D eigenvalue weighted by atomic mass is 16.5. The molecule has 0 spiro atoms. The van der Waals surface area contributed by atoms with Gasteiger partial charge in [0, 0.05) is 16.7 Å². The van der Waals surface area contributed by atoms with Crippen LogP contribution in [0.25, 0.3) is 0 Å². The third kappa shape index (κ3) is 4.14. The van der Waals surface area contributed by atoms with Crippen LogP contribution in [0.15, 0.2) is 42.5 Å². The lowest BCUT2D eigenvalue weighted by molar-refractivity contribution is 0.0693. The first-order valence-electron chi connectivity index (χ1n) is 6.78. The van der Waals surface area contributed by atoms with E-state index in [1.807, 2.05) is 24.3 Å². The number of benzene rings is 2. The number of carboxylic acid groups (broad SMARTS) is 1. The van der Waals surface area contributed by atoms with Crippen LogP contribution in [0.2, 0.25) is 0 Å². The van der Waals surface area contributed by atoms with Crippen LogP contribution < -0.4 is 4.74 Å². The van der Waals surface area contributed by atoms with Crippen LogP contribution in [-0.2, 0) is 0 Å². The molecule has 2 rings (SSSR count). The Labute approximate surface area is 134 Å². The van der Waals surface area contributed by atoms with E-state index in [2.05, 4.69) is 23.7 Å². The molecular formula is C19H14O4. The average Bonchev–Trinajstić information content (AvgIpc) is 2.58. The topological polar surface area (TPSA) is 66.8 Å². The minimum Gasteiger partial charge on any atom is -0.496 e. The quantitative estimate of drug-likeness (QED) is 0.834. The lowest BCUT2D eigenvalue weighted by atomic mass is 10.1. The number of carbonyl (C=O) groups is 1. The Bertz CT molecular complexity index is 845. The molecule has 0 atom stereocenters. The Morgan fingerprint density at radius 3 is 2.39 bits per heavy atom. The molecule has 0 aromatic heterocycles. The molecule has 2 N–H and O–H groups in total. The second kappa shape index (κ2) is 7.70. The molecule has 0 radical (unpaired) electrons. The molecule has 23 heavy (non-hydrogen) atoms. The van der Waals surface area contributed by atoms with Crippen LogP contribution in [0.3, 0.4) is 0 Å². The minimum absolute atomic E-state index is 0.0626. The summed E-state index contributed by atoms with van der Waals surface area (Å²) in [6.07, 6.45) is 0. The fraction of sp³-hybridized carbons (Fsp3) is 0.105. The fourth-order valence-electron chi connectivity index (χ4n) is 1.93. The summed E-state index contributed by atoms with van der Waals surface area (Å²) >= 11 is 0. The Morgan fingerprint density at radius 1 is 1.09 bits per heavy atom. The van der Waals surface area contributed by atoms with Gasteiger partial charge in [0.15, 0.2) is 0 Å². The summed E-state index contributed by atoms with van der Waals surface area (Å²) in [5.41, 5.74) is 2.04. The molecule has 0 aliphatic rings. The number of hydrogen-bond donors (Lipinski definition) is 2. The average molecular weight is 306 g/mol. The van der Waals surface area contributed by atoms with Gasteiger partial charge in [0.25, 0.3) is 0 Å². The molecule has 0 saturated heterocycles. The van der Waals surface area contributed by atoms with Gasteiger partial charge in [-0.25, -0.2) is 4.79 Å². The highest BCUT2D eigenvalue weighted by Crippen LogP contribution is 2.19. The largest absolute Gasteiger partial charge is 0.496 e. The zero-order valence-electron chi connectivity index (χ0n) is 12.5. The van der Waals surface area contributed by atoms with Crippen molar-refractivity contribution in [2.24, 2.45) is 0 Å². The van der Waals surface area contributed by atoms with Gasteiger partial charge in [-0.3, -0.25) is 0 Å². The van der Waals surface area contributed by atoms with E-state index in [0.29, 0.717) is 16.7 Å². The molecule has 2 aromatic carbocycles. The monoisotopic (exact) mass is 306 g/mol. The third-order valence-corrected chi connectivity index (χ3v) is 3.00. The van der Waals surface area contributed by atoms with E-state index in [1.165, 1.54) is 13.2 Å². The number of aliphatic hydroxyl groups is 1. The predicted octanol–water partition coefficient (Wildman–Crippen LogP) is 2.14. The van der Waals surface area contributed by atoms with Gasteiger partial charge in [-0.15, -0.1) is 0 Å². The van der Waals surface area contributed by atoms with E-state index >= 15 is 0 Å². The zero-order valence-corrected chi connectivity index (χ0v) is 12.5. The molecule has 0 aliphatic carbocycles. The van der Waals surface area contributed by atoms with Crippen molar-refractivity contribution in [3.05, 3.63) is 64.7 Å². The molecular weight excluding hydrogens is 292 g/mol. The van der Waals surface area contributed by atoms with Crippen LogP contribution >= 0.6 is 0 Å². The van der Waals surface area contributed by atoms with E-state index in [-0.39, 0.29) is 17.9 Å². The normalized spacial score (nSPS) is 9.13. The molecule has 0 fully saturated rings. The van der Waals surface area contributed by atoms with E-state index in [0.717, 1.165) is 0 Å². The smallest absolute Gasteiger partial charge is 0.339 e. The first-order chi connectivity index (χ1) is 11.2. The highest BCUT2D eigenvalue weighted by Gasteiger charge is 2.10. The maximum absolute atomic E-state index is 11.2. The summed E-state index contributed by atoms with van der Waals surface area (Å²) in [5.74, 6) is 10.5. The van der Waals surface area contributed by atoms with Gasteiger partial charge in [-0.1, -0.05) is 35.8 Å². The summed E-state index contributed by atoms with van der Waals surface area (Å²) in [4.78, 5) is 11.2. The van der Waals surface area contributed by atoms with Gasteiger partial charge in [-0.2, -0.15) is 0 Å². The number of methoxy groups -OCH3 is 1. The van der Waals surface area contributed by atoms with E-state index in [9.17, 15) is 9.90 Å². The maximum atomic E-state index is 11.2. The summed E-state index contributed by atoms with van der Waals surface area (Å²) in [6, 6.07) is 12.0. The summed E-state index contributed by atoms with van der Waals surface area (Å²) in [7, 11) is 1.42. The number of ether oxygens (including phenoxy) is 1. The van der Waals surface area contributed by atoms with Crippen molar-refractivity contribution in [1.29, 1.82) is 0 Å². The van der Waals surface area contributed by atoms with Crippen molar-refractivity contribution < 1.29 is 19.7 Å². The maximum Gasteiger partial charge on any atom is 0.339 e. The SMILES string of the molecule is COc1ccc(C#Cc2ccccc2C#CCO)cc1C(=O)O. The van der Waals surface area contributed by atoms with Gasteiger partial charge >= 0.3 is 5.97 Å².